The molecule has 0 unspecified atom stereocenters. The maximum absolute atomic E-state index is 14.0. The van der Waals surface area contributed by atoms with Crippen molar-refractivity contribution in [1.29, 1.82) is 0 Å². The van der Waals surface area contributed by atoms with Crippen molar-refractivity contribution < 1.29 is 14.3 Å². The van der Waals surface area contributed by atoms with E-state index in [9.17, 15) is 14.3 Å². The molecule has 0 atom stereocenters. The van der Waals surface area contributed by atoms with Gasteiger partial charge in [-0.25, -0.2) is 9.18 Å². The third kappa shape index (κ3) is 3.10. The van der Waals surface area contributed by atoms with E-state index in [1.54, 1.807) is 18.3 Å². The van der Waals surface area contributed by atoms with Crippen LogP contribution in [0.2, 0.25) is 0 Å². The summed E-state index contributed by atoms with van der Waals surface area (Å²) in [6, 6.07) is 14.3. The molecule has 0 spiro atoms. The number of aromatic nitrogens is 2. The average molecular weight is 401 g/mol. The summed E-state index contributed by atoms with van der Waals surface area (Å²) in [7, 11) is 0. The summed E-state index contributed by atoms with van der Waals surface area (Å²) in [5.41, 5.74) is 10.0. The van der Waals surface area contributed by atoms with Crippen LogP contribution in [0.25, 0.3) is 22.2 Å². The lowest BCUT2D eigenvalue weighted by Crippen LogP contribution is -2.09. The Balaban J connectivity index is 1.56. The molecule has 1 aliphatic rings. The van der Waals surface area contributed by atoms with Crippen LogP contribution in [-0.2, 0) is 6.54 Å². The number of halogens is 1. The maximum Gasteiger partial charge on any atom is 0.340 e. The Morgan fingerprint density at radius 2 is 2.00 bits per heavy atom. The zero-order valence-electron chi connectivity index (χ0n) is 16.2. The third-order valence-electron chi connectivity index (χ3n) is 5.72. The van der Waals surface area contributed by atoms with Gasteiger partial charge in [-0.15, -0.1) is 0 Å². The van der Waals surface area contributed by atoms with Gasteiger partial charge in [0.1, 0.15) is 11.4 Å². The Labute approximate surface area is 172 Å². The number of hydrogen-bond donors (Lipinski definition) is 2. The van der Waals surface area contributed by atoms with Crippen LogP contribution in [0.15, 0.2) is 60.9 Å². The smallest absolute Gasteiger partial charge is 0.340 e. The van der Waals surface area contributed by atoms with E-state index < -0.39 is 5.97 Å². The minimum atomic E-state index is -1.07. The van der Waals surface area contributed by atoms with Gasteiger partial charge in [-0.2, -0.15) is 0 Å². The fourth-order valence-corrected chi connectivity index (χ4v) is 3.99. The predicted molar refractivity (Wildman–Crippen MR) is 114 cm³/mol. The molecule has 0 aliphatic heterocycles. The topological polar surface area (TPSA) is 81.1 Å². The van der Waals surface area contributed by atoms with Crippen LogP contribution in [0, 0.1) is 5.82 Å². The molecule has 2 aromatic carbocycles. The highest BCUT2D eigenvalue weighted by atomic mass is 19.1. The highest BCUT2D eigenvalue weighted by molar-refractivity contribution is 6.01. The van der Waals surface area contributed by atoms with Gasteiger partial charge >= 0.3 is 5.97 Å². The Bertz CT molecular complexity index is 1290. The summed E-state index contributed by atoms with van der Waals surface area (Å²) in [4.78, 5) is 16.4. The molecule has 1 saturated carbocycles. The molecule has 5 rings (SSSR count). The van der Waals surface area contributed by atoms with E-state index in [-0.39, 0.29) is 11.4 Å². The van der Waals surface area contributed by atoms with Crippen molar-refractivity contribution in [3.8, 4) is 11.3 Å². The van der Waals surface area contributed by atoms with Gasteiger partial charge in [0.05, 0.1) is 17.9 Å². The molecular weight excluding hydrogens is 381 g/mol. The second-order valence-corrected chi connectivity index (χ2v) is 7.74. The molecule has 4 aromatic rings. The molecule has 30 heavy (non-hydrogen) atoms. The van der Waals surface area contributed by atoms with Crippen molar-refractivity contribution in [2.75, 3.05) is 5.73 Å². The first-order chi connectivity index (χ1) is 14.5. The monoisotopic (exact) mass is 401 g/mol. The summed E-state index contributed by atoms with van der Waals surface area (Å²) >= 11 is 0. The SMILES string of the molecule is Nc1c(C2CC2)cnc(-c2ccc3c(ccn3Cc3ccccc3F)c2)c1C(=O)O. The van der Waals surface area contributed by atoms with Gasteiger partial charge in [0.25, 0.3) is 0 Å². The van der Waals surface area contributed by atoms with Crippen LogP contribution in [0.1, 0.15) is 40.2 Å². The fourth-order valence-electron chi connectivity index (χ4n) is 3.99. The number of carboxylic acids is 1. The summed E-state index contributed by atoms with van der Waals surface area (Å²) < 4.78 is 16.0. The molecule has 2 aromatic heterocycles. The number of carbonyl (C=O) groups is 1. The molecule has 1 aliphatic carbocycles. The summed E-state index contributed by atoms with van der Waals surface area (Å²) in [5.74, 6) is -0.994. The summed E-state index contributed by atoms with van der Waals surface area (Å²) in [6.45, 7) is 0.414. The molecule has 0 radical (unpaired) electrons. The molecule has 0 amide bonds. The number of aromatic carboxylic acids is 1. The van der Waals surface area contributed by atoms with Crippen LogP contribution >= 0.6 is 0 Å². The van der Waals surface area contributed by atoms with Crippen molar-refractivity contribution in [2.24, 2.45) is 0 Å². The Morgan fingerprint density at radius 1 is 1.20 bits per heavy atom. The van der Waals surface area contributed by atoms with E-state index in [1.807, 2.05) is 41.1 Å². The lowest BCUT2D eigenvalue weighted by molar-refractivity contribution is 0.0698. The van der Waals surface area contributed by atoms with Gasteiger partial charge in [-0.1, -0.05) is 24.3 Å². The van der Waals surface area contributed by atoms with Gasteiger partial charge in [0.15, 0.2) is 0 Å². The molecular formula is C24H20FN3O2. The van der Waals surface area contributed by atoms with Gasteiger partial charge < -0.3 is 15.4 Å². The Hall–Kier alpha value is -3.67. The number of fused-ring (bicyclic) bond motifs is 1. The highest BCUT2D eigenvalue weighted by Crippen LogP contribution is 2.44. The summed E-state index contributed by atoms with van der Waals surface area (Å²) in [5, 5.41) is 10.7. The first kappa shape index (κ1) is 18.4. The molecule has 1 fully saturated rings. The number of nitrogens with zero attached hydrogens (tertiary/aromatic N) is 2. The van der Waals surface area contributed by atoms with Crippen LogP contribution in [0.3, 0.4) is 0 Å². The van der Waals surface area contributed by atoms with Crippen LogP contribution in [0.4, 0.5) is 10.1 Å². The van der Waals surface area contributed by atoms with Crippen molar-refractivity contribution in [2.45, 2.75) is 25.3 Å². The maximum atomic E-state index is 14.0. The number of carboxylic acid groups (broad SMARTS) is 1. The van der Waals surface area contributed by atoms with Crippen molar-refractivity contribution in [1.82, 2.24) is 9.55 Å². The predicted octanol–water partition coefficient (Wildman–Crippen LogP) is 5.05. The van der Waals surface area contributed by atoms with E-state index >= 15 is 0 Å². The van der Waals surface area contributed by atoms with Crippen LogP contribution in [0.5, 0.6) is 0 Å². The van der Waals surface area contributed by atoms with E-state index in [0.717, 1.165) is 29.3 Å². The zero-order chi connectivity index (χ0) is 20.8. The van der Waals surface area contributed by atoms with Crippen LogP contribution < -0.4 is 5.73 Å². The van der Waals surface area contributed by atoms with Gasteiger partial charge in [-0.3, -0.25) is 4.98 Å². The van der Waals surface area contributed by atoms with Crippen molar-refractivity contribution in [3.05, 3.63) is 83.4 Å². The van der Waals surface area contributed by atoms with E-state index in [0.29, 0.717) is 35.0 Å². The largest absolute Gasteiger partial charge is 0.478 e. The van der Waals surface area contributed by atoms with E-state index in [2.05, 4.69) is 4.98 Å². The second-order valence-electron chi connectivity index (χ2n) is 7.74. The number of anilines is 1. The number of benzene rings is 2. The number of rotatable bonds is 5. The van der Waals surface area contributed by atoms with Crippen molar-refractivity contribution >= 4 is 22.6 Å². The Kier molecular flexibility index (Phi) is 4.28. The molecule has 0 saturated heterocycles. The highest BCUT2D eigenvalue weighted by Gasteiger charge is 2.30. The Morgan fingerprint density at radius 3 is 2.73 bits per heavy atom. The molecule has 5 nitrogen and oxygen atoms in total. The molecule has 2 heterocycles. The quantitative estimate of drug-likeness (QED) is 0.490. The average Bonchev–Trinajstić information content (AvgIpc) is 3.50. The lowest BCUT2D eigenvalue weighted by Gasteiger charge is -2.13. The van der Waals surface area contributed by atoms with Crippen molar-refractivity contribution in [3.63, 3.8) is 0 Å². The lowest BCUT2D eigenvalue weighted by atomic mass is 9.99. The minimum absolute atomic E-state index is 0.0598. The van der Waals surface area contributed by atoms with Gasteiger partial charge in [-0.05, 0) is 48.6 Å². The minimum Gasteiger partial charge on any atom is -0.478 e. The van der Waals surface area contributed by atoms with E-state index in [4.69, 9.17) is 5.73 Å². The van der Waals surface area contributed by atoms with E-state index in [1.165, 1.54) is 6.07 Å². The second kappa shape index (κ2) is 6.99. The molecule has 3 N–H and O–H groups in total. The first-order valence-corrected chi connectivity index (χ1v) is 9.87. The number of nitrogen functional groups attached to an aromatic ring is 1. The number of nitrogens with two attached hydrogens (primary N) is 1. The van der Waals surface area contributed by atoms with Gasteiger partial charge in [0.2, 0.25) is 0 Å². The first-order valence-electron chi connectivity index (χ1n) is 9.87. The number of pyridine rings is 1. The molecule has 6 heteroatoms. The molecule has 0 bridgehead atoms. The third-order valence-corrected chi connectivity index (χ3v) is 5.72. The standard InChI is InChI=1S/C24H20FN3O2/c25-19-4-2-1-3-17(19)13-28-10-9-15-11-16(7-8-20(15)28)23-21(24(29)30)22(26)18(12-27-23)14-5-6-14/h1-4,7-12,14H,5-6,13H2,(H2,26,27)(H,29,30). The molecule has 150 valence electrons. The summed E-state index contributed by atoms with van der Waals surface area (Å²) in [6.07, 6.45) is 5.65. The van der Waals surface area contributed by atoms with Gasteiger partial charge in [0, 0.05) is 34.4 Å². The number of hydrogen-bond acceptors (Lipinski definition) is 3. The van der Waals surface area contributed by atoms with Crippen LogP contribution in [-0.4, -0.2) is 20.6 Å². The normalized spacial score (nSPS) is 13.6. The zero-order valence-corrected chi connectivity index (χ0v) is 16.2. The fraction of sp³-hybridized carbons (Fsp3) is 0.167.